The monoisotopic (exact) mass is 1290 g/mol. The van der Waals surface area contributed by atoms with Gasteiger partial charge in [0, 0.05) is 0 Å². The molecule has 0 aromatic carbocycles. The van der Waals surface area contributed by atoms with E-state index in [-0.39, 0.29) is 18.3 Å². The van der Waals surface area contributed by atoms with Gasteiger partial charge in [-0.3, -0.25) is 4.79 Å². The molecule has 9 rings (SSSR count). The third kappa shape index (κ3) is 14.2. The highest BCUT2D eigenvalue weighted by molar-refractivity contribution is 5.76. The Hall–Kier alpha value is -2.03. The van der Waals surface area contributed by atoms with Crippen molar-refractivity contribution in [3.63, 3.8) is 0 Å². The molecule has 6 saturated heterocycles. The molecule has 6 heterocycles. The van der Waals surface area contributed by atoms with E-state index >= 15 is 0 Å². The Bertz CT molecular complexity index is 2310. The van der Waals surface area contributed by atoms with E-state index in [9.17, 15) is 107 Å². The molecule has 9 aliphatic rings. The fraction of sp³-hybridized carbons (Fsp3) is 0.946. The van der Waals surface area contributed by atoms with Crippen LogP contribution in [-0.4, -0.2) is 338 Å². The summed E-state index contributed by atoms with van der Waals surface area (Å²) in [6.07, 6.45) is -48.2. The Morgan fingerprint density at radius 3 is 1.39 bits per heavy atom. The number of carbonyl (C=O) groups is 1. The van der Waals surface area contributed by atoms with Crippen LogP contribution in [0.5, 0.6) is 0 Å². The Morgan fingerprint density at radius 1 is 0.461 bits per heavy atom. The molecule has 0 aromatic rings. The van der Waals surface area contributed by atoms with Crippen molar-refractivity contribution in [2.45, 2.75) is 268 Å². The first-order chi connectivity index (χ1) is 42.1. The van der Waals surface area contributed by atoms with Gasteiger partial charge >= 0.3 is 5.97 Å². The molecular formula is C56H92O33. The minimum atomic E-state index is -2.07. The Labute approximate surface area is 510 Å². The standard InChI is InChI=1S/C56H92O33/c1-20-6-4-8-54(3,9-5-10-55-12-21(2)56(19-55,11-7-22(20)55)89-52-46(38(70)31(63)25(15-59)82-52)87-49-42(74)35(67)30(62)24(14-58)81-49)53(77)88-51-44(76)39(71)45(26(16-60)83-51)86-50-43(75)37(69)33(65)28(85-50)18-79-48-41(73)36(68)32(64)27(84-48)17-78-47-40(72)34(66)29(61)23(13-57)80-47/h20,22-52,57-76H,2,4-19H2,1,3H3. The van der Waals surface area contributed by atoms with Crippen molar-refractivity contribution in [3.05, 3.63) is 12.2 Å². The van der Waals surface area contributed by atoms with Gasteiger partial charge in [0.2, 0.25) is 6.29 Å². The van der Waals surface area contributed by atoms with Crippen molar-refractivity contribution in [3.8, 4) is 0 Å². The van der Waals surface area contributed by atoms with Crippen molar-refractivity contribution in [2.24, 2.45) is 22.7 Å². The van der Waals surface area contributed by atoms with Crippen molar-refractivity contribution in [1.82, 2.24) is 0 Å². The van der Waals surface area contributed by atoms with Gasteiger partial charge in [-0.25, -0.2) is 0 Å². The normalized spacial score (nSPS) is 52.6. The summed E-state index contributed by atoms with van der Waals surface area (Å²) in [4.78, 5) is 14.5. The fourth-order valence-corrected chi connectivity index (χ4v) is 14.7. The predicted molar refractivity (Wildman–Crippen MR) is 286 cm³/mol. The second kappa shape index (κ2) is 29.1. The minimum Gasteiger partial charge on any atom is -0.432 e. The molecule has 89 heavy (non-hydrogen) atoms. The number of ether oxygens (including phenoxy) is 12. The molecule has 0 aromatic heterocycles. The van der Waals surface area contributed by atoms with Gasteiger partial charge in [-0.2, -0.15) is 0 Å². The van der Waals surface area contributed by atoms with Crippen LogP contribution in [0.1, 0.15) is 78.1 Å². The molecule has 3 saturated carbocycles. The number of aliphatic hydroxyl groups excluding tert-OH is 20. The second-order valence-corrected chi connectivity index (χ2v) is 26.0. The maximum atomic E-state index is 14.5. The Balaban J connectivity index is 0.813. The number of rotatable bonds is 18. The van der Waals surface area contributed by atoms with Gasteiger partial charge in [0.15, 0.2) is 31.5 Å². The molecule has 35 unspecified atom stereocenters. The summed E-state index contributed by atoms with van der Waals surface area (Å²) in [5.41, 5.74) is -2.06. The molecule has 0 amide bonds. The van der Waals surface area contributed by atoms with Crippen LogP contribution >= 0.6 is 0 Å². The third-order valence-corrected chi connectivity index (χ3v) is 20.1. The minimum absolute atomic E-state index is 0.111. The van der Waals surface area contributed by atoms with E-state index in [1.165, 1.54) is 0 Å². The molecule has 9 fully saturated rings. The fourth-order valence-electron chi connectivity index (χ4n) is 14.7. The molecule has 20 N–H and O–H groups in total. The SMILES string of the molecule is C=C1CC23CCCC(C)(C(=O)OC4OC(CO)C(OC5OC(COC6OC(COC7OC(CO)C(O)C(O)C7O)C(O)C(O)C6O)C(O)C(O)C5O)C(O)C4O)CCCC(C)C2CCC1(OC1OC(CO)C(O)C(O)C1OC1OC(CO)C(O)C(O)C1O)C3. The van der Waals surface area contributed by atoms with E-state index in [0.717, 1.165) is 0 Å². The number of esters is 1. The lowest BCUT2D eigenvalue weighted by atomic mass is 9.58. The summed E-state index contributed by atoms with van der Waals surface area (Å²) in [6.45, 7) is 3.61. The molecule has 35 atom stereocenters. The molecule has 0 radical (unpaired) electrons. The van der Waals surface area contributed by atoms with Crippen LogP contribution in [0.4, 0.5) is 0 Å². The van der Waals surface area contributed by atoms with Crippen LogP contribution in [0.15, 0.2) is 12.2 Å². The van der Waals surface area contributed by atoms with E-state index in [4.69, 9.17) is 56.8 Å². The van der Waals surface area contributed by atoms with Crippen LogP contribution in [0.2, 0.25) is 0 Å². The number of aliphatic hydroxyl groups is 20. The zero-order valence-electron chi connectivity index (χ0n) is 49.2. The second-order valence-electron chi connectivity index (χ2n) is 26.0. The van der Waals surface area contributed by atoms with Gasteiger partial charge in [-0.05, 0) is 74.7 Å². The van der Waals surface area contributed by atoms with Crippen LogP contribution in [0.25, 0.3) is 0 Å². The maximum Gasteiger partial charge on any atom is 0.314 e. The van der Waals surface area contributed by atoms with E-state index in [2.05, 4.69) is 13.5 Å². The quantitative estimate of drug-likeness (QED) is 0.0448. The molecule has 3 aliphatic carbocycles. The first-order valence-electron chi connectivity index (χ1n) is 30.4. The van der Waals surface area contributed by atoms with E-state index in [1.807, 2.05) is 0 Å². The van der Waals surface area contributed by atoms with Crippen molar-refractivity contribution in [2.75, 3.05) is 39.6 Å². The summed E-state index contributed by atoms with van der Waals surface area (Å²) in [6, 6.07) is 0. The summed E-state index contributed by atoms with van der Waals surface area (Å²) in [7, 11) is 0. The number of carbonyl (C=O) groups excluding carboxylic acids is 1. The predicted octanol–water partition coefficient (Wildman–Crippen LogP) is -9.08. The van der Waals surface area contributed by atoms with E-state index in [0.29, 0.717) is 63.4 Å². The zero-order chi connectivity index (χ0) is 64.9. The van der Waals surface area contributed by atoms with Crippen molar-refractivity contribution < 1.29 is 164 Å². The summed E-state index contributed by atoms with van der Waals surface area (Å²) < 4.78 is 69.7. The lowest BCUT2D eigenvalue weighted by molar-refractivity contribution is -0.377. The molecule has 2 bridgehead atoms. The summed E-state index contributed by atoms with van der Waals surface area (Å²) >= 11 is 0. The molecule has 514 valence electrons. The third-order valence-electron chi connectivity index (χ3n) is 20.1. The summed E-state index contributed by atoms with van der Waals surface area (Å²) in [5, 5.41) is 213. The first-order valence-corrected chi connectivity index (χ1v) is 30.4. The highest BCUT2D eigenvalue weighted by atomic mass is 16.8. The lowest BCUT2D eigenvalue weighted by Crippen LogP contribution is -2.65. The number of hydrogen-bond acceptors (Lipinski definition) is 33. The van der Waals surface area contributed by atoms with Gasteiger partial charge in [0.25, 0.3) is 0 Å². The number of fused-ring (bicyclic) bond motifs is 1. The summed E-state index contributed by atoms with van der Waals surface area (Å²) in [5.74, 6) is -0.530. The van der Waals surface area contributed by atoms with Gasteiger partial charge in [-0.1, -0.05) is 32.8 Å². The van der Waals surface area contributed by atoms with Gasteiger partial charge in [0.1, 0.15) is 146 Å². The highest BCUT2D eigenvalue weighted by Crippen LogP contribution is 2.65. The van der Waals surface area contributed by atoms with E-state index in [1.54, 1.807) is 6.92 Å². The molecule has 33 heteroatoms. The molecule has 1 spiro atoms. The Kier molecular flexibility index (Phi) is 23.3. The Morgan fingerprint density at radius 2 is 0.865 bits per heavy atom. The smallest absolute Gasteiger partial charge is 0.314 e. The first kappa shape index (κ1) is 71.3. The number of hydrogen-bond donors (Lipinski definition) is 20. The molecule has 6 aliphatic heterocycles. The molecular weight excluding hydrogens is 1200 g/mol. The average Bonchev–Trinajstić information content (AvgIpc) is 1.60. The molecule has 33 nitrogen and oxygen atoms in total. The largest absolute Gasteiger partial charge is 0.432 e. The van der Waals surface area contributed by atoms with Gasteiger partial charge in [0.05, 0.1) is 50.7 Å². The van der Waals surface area contributed by atoms with E-state index < -0.39 is 246 Å². The highest BCUT2D eigenvalue weighted by Gasteiger charge is 2.63. The topological polar surface area (TPSA) is 532 Å². The van der Waals surface area contributed by atoms with Crippen LogP contribution < -0.4 is 0 Å². The maximum absolute atomic E-state index is 14.5. The average molecular weight is 1290 g/mol. The zero-order valence-corrected chi connectivity index (χ0v) is 49.2. The van der Waals surface area contributed by atoms with Crippen molar-refractivity contribution >= 4 is 5.97 Å². The van der Waals surface area contributed by atoms with Crippen molar-refractivity contribution in [1.29, 1.82) is 0 Å². The van der Waals surface area contributed by atoms with Crippen LogP contribution in [0, 0.1) is 22.7 Å². The van der Waals surface area contributed by atoms with Crippen LogP contribution in [-0.2, 0) is 61.6 Å². The van der Waals surface area contributed by atoms with Gasteiger partial charge < -0.3 is 159 Å². The van der Waals surface area contributed by atoms with Crippen LogP contribution in [0.3, 0.4) is 0 Å². The van der Waals surface area contributed by atoms with Gasteiger partial charge in [-0.15, -0.1) is 0 Å². The lowest BCUT2D eigenvalue weighted by Gasteiger charge is -2.51.